The highest BCUT2D eigenvalue weighted by atomic mass is 19.1. The fourth-order valence-corrected chi connectivity index (χ4v) is 3.42. The number of anilines is 1. The Hall–Kier alpha value is -2.02. The van der Waals surface area contributed by atoms with Crippen LogP contribution in [0.2, 0.25) is 0 Å². The van der Waals surface area contributed by atoms with Gasteiger partial charge in [-0.25, -0.2) is 19.3 Å². The topological polar surface area (TPSA) is 67.1 Å². The van der Waals surface area contributed by atoms with Crippen molar-refractivity contribution in [3.05, 3.63) is 35.4 Å². The average molecular weight is 361 g/mol. The molecule has 3 rings (SSSR count). The zero-order chi connectivity index (χ0) is 18.7. The van der Waals surface area contributed by atoms with Crippen molar-refractivity contribution in [1.82, 2.24) is 19.9 Å². The Bertz CT molecular complexity index is 717. The van der Waals surface area contributed by atoms with Crippen LogP contribution in [0.4, 0.5) is 10.2 Å². The first-order valence-electron chi connectivity index (χ1n) is 9.24. The summed E-state index contributed by atoms with van der Waals surface area (Å²) in [6.45, 7) is 10.4. The van der Waals surface area contributed by atoms with Crippen LogP contribution in [0, 0.1) is 13.8 Å². The van der Waals surface area contributed by atoms with Crippen molar-refractivity contribution in [2.24, 2.45) is 0 Å². The Morgan fingerprint density at radius 2 is 2.00 bits per heavy atom. The van der Waals surface area contributed by atoms with E-state index in [1.807, 2.05) is 19.9 Å². The van der Waals surface area contributed by atoms with Gasteiger partial charge in [-0.05, 0) is 26.7 Å². The molecule has 0 unspecified atom stereocenters. The normalized spacial score (nSPS) is 17.6. The molecule has 0 radical (unpaired) electrons. The molecule has 1 fully saturated rings. The largest absolute Gasteiger partial charge is 0.448 e. The lowest BCUT2D eigenvalue weighted by Crippen LogP contribution is -2.45. The molecule has 0 bridgehead atoms. The Morgan fingerprint density at radius 1 is 1.27 bits per heavy atom. The minimum atomic E-state index is -1.21. The minimum Gasteiger partial charge on any atom is -0.448 e. The second-order valence-corrected chi connectivity index (χ2v) is 7.54. The van der Waals surface area contributed by atoms with Crippen molar-refractivity contribution >= 4 is 5.82 Å². The van der Waals surface area contributed by atoms with Crippen molar-refractivity contribution in [1.29, 1.82) is 0 Å². The second-order valence-electron chi connectivity index (χ2n) is 7.54. The number of piperidine rings is 1. The first-order chi connectivity index (χ1) is 12.3. The third-order valence-corrected chi connectivity index (χ3v) is 4.87. The molecule has 0 amide bonds. The lowest BCUT2D eigenvalue weighted by Gasteiger charge is -2.36. The van der Waals surface area contributed by atoms with Crippen LogP contribution in [0.15, 0.2) is 16.9 Å². The fraction of sp³-hybridized carbons (Fsp3) is 0.632. The lowest BCUT2D eigenvalue weighted by atomic mass is 9.93. The third kappa shape index (κ3) is 4.58. The zero-order valence-electron chi connectivity index (χ0n) is 16.0. The molecule has 7 heteroatoms. The van der Waals surface area contributed by atoms with E-state index in [1.165, 1.54) is 6.39 Å². The van der Waals surface area contributed by atoms with Gasteiger partial charge in [0.15, 0.2) is 6.39 Å². The molecule has 0 saturated carbocycles. The van der Waals surface area contributed by atoms with Gasteiger partial charge in [-0.1, -0.05) is 13.8 Å². The molecule has 0 aromatic carbocycles. The number of oxazole rings is 1. The Morgan fingerprint density at radius 3 is 2.65 bits per heavy atom. The predicted octanol–water partition coefficient (Wildman–Crippen LogP) is 3.62. The summed E-state index contributed by atoms with van der Waals surface area (Å²) in [6, 6.07) is 1.85. The molecule has 0 spiro atoms. The minimum absolute atomic E-state index is 0.276. The Kier molecular flexibility index (Phi) is 5.55. The summed E-state index contributed by atoms with van der Waals surface area (Å²) in [7, 11) is 0. The molecular weight excluding hydrogens is 333 g/mol. The van der Waals surface area contributed by atoms with Crippen LogP contribution in [0.25, 0.3) is 0 Å². The number of nitrogens with one attached hydrogen (secondary N) is 1. The smallest absolute Gasteiger partial charge is 0.181 e. The fourth-order valence-electron chi connectivity index (χ4n) is 3.42. The number of hydrogen-bond acceptors (Lipinski definition) is 6. The van der Waals surface area contributed by atoms with Gasteiger partial charge in [-0.15, -0.1) is 0 Å². The molecule has 1 N–H and O–H groups in total. The standard InChI is InChI=1S/C19H28FN5O/c1-13(2)18-16(22-12-26-18)10-25-7-5-19(20,6-8-25)11-21-17-9-14(3)23-15(4)24-17/h9,12-13H,5-8,10-11H2,1-4H3,(H,21,23,24). The number of aromatic nitrogens is 3. The molecule has 0 atom stereocenters. The van der Waals surface area contributed by atoms with Gasteiger partial charge in [0.1, 0.15) is 23.1 Å². The van der Waals surface area contributed by atoms with E-state index in [0.717, 1.165) is 23.7 Å². The van der Waals surface area contributed by atoms with Gasteiger partial charge < -0.3 is 9.73 Å². The molecular formula is C19H28FN5O. The van der Waals surface area contributed by atoms with Crippen molar-refractivity contribution in [2.75, 3.05) is 25.0 Å². The van der Waals surface area contributed by atoms with E-state index in [0.29, 0.717) is 43.5 Å². The highest BCUT2D eigenvalue weighted by Gasteiger charge is 2.35. The number of hydrogen-bond donors (Lipinski definition) is 1. The van der Waals surface area contributed by atoms with Crippen molar-refractivity contribution in [3.63, 3.8) is 0 Å². The maximum absolute atomic E-state index is 15.2. The summed E-state index contributed by atoms with van der Waals surface area (Å²) in [4.78, 5) is 15.2. The quantitative estimate of drug-likeness (QED) is 0.848. The SMILES string of the molecule is Cc1cc(NCC2(F)CCN(Cc3ncoc3C(C)C)CC2)nc(C)n1. The van der Waals surface area contributed by atoms with Crippen molar-refractivity contribution < 1.29 is 8.81 Å². The van der Waals surface area contributed by atoms with Gasteiger partial charge in [-0.2, -0.15) is 0 Å². The van der Waals surface area contributed by atoms with Gasteiger partial charge in [0.25, 0.3) is 0 Å². The van der Waals surface area contributed by atoms with E-state index in [9.17, 15) is 0 Å². The number of rotatable bonds is 6. The van der Waals surface area contributed by atoms with Crippen LogP contribution in [-0.2, 0) is 6.54 Å². The van der Waals surface area contributed by atoms with E-state index in [1.54, 1.807) is 0 Å². The van der Waals surface area contributed by atoms with Crippen molar-refractivity contribution in [3.8, 4) is 0 Å². The first kappa shape index (κ1) is 18.8. The number of aryl methyl sites for hydroxylation is 2. The van der Waals surface area contributed by atoms with E-state index >= 15 is 4.39 Å². The summed E-state index contributed by atoms with van der Waals surface area (Å²) < 4.78 is 20.6. The summed E-state index contributed by atoms with van der Waals surface area (Å²) in [6.07, 6.45) is 2.50. The van der Waals surface area contributed by atoms with E-state index < -0.39 is 5.67 Å². The Balaban J connectivity index is 1.52. The monoisotopic (exact) mass is 361 g/mol. The second kappa shape index (κ2) is 7.70. The molecule has 1 aliphatic heterocycles. The van der Waals surface area contributed by atoms with Crippen LogP contribution >= 0.6 is 0 Å². The summed E-state index contributed by atoms with van der Waals surface area (Å²) >= 11 is 0. The number of halogens is 1. The van der Waals surface area contributed by atoms with Crippen molar-refractivity contribution in [2.45, 2.75) is 58.7 Å². The van der Waals surface area contributed by atoms with Gasteiger partial charge in [0, 0.05) is 37.3 Å². The predicted molar refractivity (Wildman–Crippen MR) is 98.9 cm³/mol. The third-order valence-electron chi connectivity index (χ3n) is 4.87. The molecule has 3 heterocycles. The van der Waals surface area contributed by atoms with E-state index in [4.69, 9.17) is 4.42 Å². The molecule has 2 aromatic rings. The van der Waals surface area contributed by atoms with E-state index in [-0.39, 0.29) is 6.54 Å². The number of alkyl halides is 1. The number of nitrogens with zero attached hydrogens (tertiary/aromatic N) is 4. The van der Waals surface area contributed by atoms with Crippen LogP contribution in [0.5, 0.6) is 0 Å². The highest BCUT2D eigenvalue weighted by molar-refractivity contribution is 5.36. The summed E-state index contributed by atoms with van der Waals surface area (Å²) in [5, 5.41) is 3.15. The molecule has 1 aliphatic rings. The van der Waals surface area contributed by atoms with Gasteiger partial charge in [0.05, 0.1) is 12.2 Å². The molecule has 6 nitrogen and oxygen atoms in total. The van der Waals surface area contributed by atoms with Crippen LogP contribution in [0.3, 0.4) is 0 Å². The molecule has 26 heavy (non-hydrogen) atoms. The zero-order valence-corrected chi connectivity index (χ0v) is 16.0. The summed E-state index contributed by atoms with van der Waals surface area (Å²) in [5.74, 6) is 2.63. The van der Waals surface area contributed by atoms with Gasteiger partial charge in [0.2, 0.25) is 0 Å². The number of likely N-dealkylation sites (tertiary alicyclic amines) is 1. The van der Waals surface area contributed by atoms with Crippen LogP contribution < -0.4 is 5.32 Å². The molecule has 0 aliphatic carbocycles. The van der Waals surface area contributed by atoms with Gasteiger partial charge in [-0.3, -0.25) is 4.90 Å². The van der Waals surface area contributed by atoms with Crippen LogP contribution in [-0.4, -0.2) is 45.2 Å². The molecule has 142 valence electrons. The van der Waals surface area contributed by atoms with Gasteiger partial charge >= 0.3 is 0 Å². The van der Waals surface area contributed by atoms with Crippen LogP contribution in [0.1, 0.15) is 55.6 Å². The summed E-state index contributed by atoms with van der Waals surface area (Å²) in [5.41, 5.74) is 0.640. The molecule has 1 saturated heterocycles. The molecule has 2 aromatic heterocycles. The van der Waals surface area contributed by atoms with E-state index in [2.05, 4.69) is 39.0 Å². The lowest BCUT2D eigenvalue weighted by molar-refractivity contribution is 0.0646. The maximum atomic E-state index is 15.2. The first-order valence-corrected chi connectivity index (χ1v) is 9.24. The average Bonchev–Trinajstić information content (AvgIpc) is 3.03. The maximum Gasteiger partial charge on any atom is 0.181 e. The highest BCUT2D eigenvalue weighted by Crippen LogP contribution is 2.29. The Labute approximate surface area is 154 Å².